The molecule has 2 heterocycles. The van der Waals surface area contributed by atoms with Crippen LogP contribution in [0.4, 0.5) is 0 Å². The van der Waals surface area contributed by atoms with E-state index in [2.05, 4.69) is 40.6 Å². The third-order valence-corrected chi connectivity index (χ3v) is 5.23. The average Bonchev–Trinajstić information content (AvgIpc) is 3.34. The molecule has 27 heavy (non-hydrogen) atoms. The summed E-state index contributed by atoms with van der Waals surface area (Å²) in [6.45, 7) is -0.214. The third-order valence-electron chi connectivity index (χ3n) is 5.23. The van der Waals surface area contributed by atoms with Crippen molar-refractivity contribution in [3.05, 3.63) is 60.8 Å². The van der Waals surface area contributed by atoms with E-state index in [-0.39, 0.29) is 6.61 Å². The molecule has 1 saturated heterocycles. The Morgan fingerprint density at radius 2 is 1.78 bits per heavy atom. The lowest BCUT2D eigenvalue weighted by molar-refractivity contribution is -0.0489. The maximum atomic E-state index is 9.96. The molecule has 0 saturated carbocycles. The van der Waals surface area contributed by atoms with Crippen molar-refractivity contribution in [1.82, 2.24) is 15.0 Å². The van der Waals surface area contributed by atoms with Crippen LogP contribution < -0.4 is 0 Å². The van der Waals surface area contributed by atoms with E-state index in [1.165, 1.54) is 10.8 Å². The van der Waals surface area contributed by atoms with Crippen LogP contribution in [0.1, 0.15) is 12.6 Å². The molecule has 0 bridgehead atoms. The van der Waals surface area contributed by atoms with Crippen LogP contribution in [0, 0.1) is 0 Å². The van der Waals surface area contributed by atoms with Crippen molar-refractivity contribution in [1.29, 1.82) is 0 Å². The predicted molar refractivity (Wildman–Crippen MR) is 102 cm³/mol. The van der Waals surface area contributed by atoms with E-state index in [1.54, 1.807) is 4.68 Å². The summed E-state index contributed by atoms with van der Waals surface area (Å²) in [7, 11) is 0. The lowest BCUT2D eigenvalue weighted by atomic mass is 9.96. The normalized spacial score (nSPS) is 22.7. The topological polar surface area (TPSA) is 80.4 Å². The number of aliphatic hydroxyl groups excluding tert-OH is 2. The van der Waals surface area contributed by atoms with Crippen molar-refractivity contribution >= 4 is 21.5 Å². The summed E-state index contributed by atoms with van der Waals surface area (Å²) in [5, 5.41) is 32.4. The molecule has 6 nitrogen and oxygen atoms in total. The zero-order chi connectivity index (χ0) is 18.4. The van der Waals surface area contributed by atoms with Crippen molar-refractivity contribution in [2.75, 3.05) is 6.61 Å². The first kappa shape index (κ1) is 16.4. The Bertz CT molecular complexity index is 1120. The van der Waals surface area contributed by atoms with Crippen LogP contribution >= 0.6 is 0 Å². The zero-order valence-electron chi connectivity index (χ0n) is 14.6. The fraction of sp³-hybridized carbons (Fsp3) is 0.238. The number of hydrogen-bond acceptors (Lipinski definition) is 5. The molecule has 0 spiro atoms. The second-order valence-corrected chi connectivity index (χ2v) is 6.89. The summed E-state index contributed by atoms with van der Waals surface area (Å²) in [6.07, 6.45) is 0.517. The van der Waals surface area contributed by atoms with Gasteiger partial charge in [0.15, 0.2) is 6.23 Å². The number of ether oxygens (including phenoxy) is 1. The molecule has 0 unspecified atom stereocenters. The summed E-state index contributed by atoms with van der Waals surface area (Å²) >= 11 is 0. The molecule has 0 aliphatic carbocycles. The van der Waals surface area contributed by atoms with Crippen LogP contribution in [0.2, 0.25) is 0 Å². The van der Waals surface area contributed by atoms with Crippen LogP contribution in [0.15, 0.2) is 60.8 Å². The van der Waals surface area contributed by atoms with Gasteiger partial charge in [0.2, 0.25) is 0 Å². The number of aliphatic hydroxyl groups is 2. The lowest BCUT2D eigenvalue weighted by Gasteiger charge is -2.11. The van der Waals surface area contributed by atoms with Gasteiger partial charge in [-0.3, -0.25) is 0 Å². The van der Waals surface area contributed by atoms with Gasteiger partial charge < -0.3 is 14.9 Å². The van der Waals surface area contributed by atoms with Crippen molar-refractivity contribution in [2.24, 2.45) is 0 Å². The standard InChI is InChI=1S/C21H19N3O3/c25-12-20-19(26)10-21(27-20)24-11-18(22-23-24)17-9-13-5-1-2-6-14(13)15-7-3-4-8-16(15)17/h1-9,11,19-21,25-26H,10,12H2/t19-,20+,21+/m1/s1. The van der Waals surface area contributed by atoms with E-state index in [4.69, 9.17) is 4.74 Å². The largest absolute Gasteiger partial charge is 0.394 e. The van der Waals surface area contributed by atoms with E-state index in [1.807, 2.05) is 30.5 Å². The van der Waals surface area contributed by atoms with Crippen molar-refractivity contribution in [3.8, 4) is 11.3 Å². The van der Waals surface area contributed by atoms with E-state index in [0.29, 0.717) is 6.42 Å². The van der Waals surface area contributed by atoms with Gasteiger partial charge in [0, 0.05) is 12.0 Å². The fourth-order valence-corrected chi connectivity index (χ4v) is 3.85. The van der Waals surface area contributed by atoms with Crippen molar-refractivity contribution in [2.45, 2.75) is 24.9 Å². The predicted octanol–water partition coefficient (Wildman–Crippen LogP) is 2.89. The molecule has 0 amide bonds. The molecule has 1 aromatic heterocycles. The van der Waals surface area contributed by atoms with Gasteiger partial charge in [-0.1, -0.05) is 53.7 Å². The smallest absolute Gasteiger partial charge is 0.155 e. The molecule has 4 aromatic rings. The van der Waals surface area contributed by atoms with Crippen molar-refractivity contribution < 1.29 is 14.9 Å². The second kappa shape index (κ2) is 6.42. The number of rotatable bonds is 3. The minimum absolute atomic E-state index is 0.214. The molecule has 2 N–H and O–H groups in total. The Morgan fingerprint density at radius 3 is 2.56 bits per heavy atom. The van der Waals surface area contributed by atoms with Crippen LogP contribution in [-0.4, -0.2) is 44.0 Å². The van der Waals surface area contributed by atoms with E-state index < -0.39 is 18.4 Å². The molecule has 3 atom stereocenters. The Balaban J connectivity index is 1.61. The summed E-state index contributed by atoms with van der Waals surface area (Å²) < 4.78 is 7.30. The number of nitrogens with zero attached hydrogens (tertiary/aromatic N) is 3. The van der Waals surface area contributed by atoms with E-state index in [0.717, 1.165) is 22.0 Å². The first-order valence-corrected chi connectivity index (χ1v) is 9.01. The molecule has 0 radical (unpaired) electrons. The first-order valence-electron chi connectivity index (χ1n) is 9.01. The summed E-state index contributed by atoms with van der Waals surface area (Å²) in [4.78, 5) is 0. The molecule has 1 aliphatic rings. The Labute approximate surface area is 155 Å². The maximum absolute atomic E-state index is 9.96. The molecule has 1 aliphatic heterocycles. The molecule has 1 fully saturated rings. The van der Waals surface area contributed by atoms with Gasteiger partial charge >= 0.3 is 0 Å². The number of aromatic nitrogens is 3. The highest BCUT2D eigenvalue weighted by molar-refractivity contribution is 6.13. The molecule has 6 heteroatoms. The highest BCUT2D eigenvalue weighted by atomic mass is 16.5. The quantitative estimate of drug-likeness (QED) is 0.549. The SMILES string of the molecule is OC[C@@H]1O[C@H](n2cc(-c3cc4ccccc4c4ccccc34)nn2)C[C@H]1O. The van der Waals surface area contributed by atoms with Crippen molar-refractivity contribution in [3.63, 3.8) is 0 Å². The molecule has 5 rings (SSSR count). The third kappa shape index (κ3) is 2.70. The Hall–Kier alpha value is -2.80. The van der Waals surface area contributed by atoms with Crippen LogP contribution in [-0.2, 0) is 4.74 Å². The van der Waals surface area contributed by atoms with E-state index in [9.17, 15) is 10.2 Å². The van der Waals surface area contributed by atoms with Crippen LogP contribution in [0.5, 0.6) is 0 Å². The minimum Gasteiger partial charge on any atom is -0.394 e. The second-order valence-electron chi connectivity index (χ2n) is 6.89. The van der Waals surface area contributed by atoms with E-state index >= 15 is 0 Å². The lowest BCUT2D eigenvalue weighted by Crippen LogP contribution is -2.24. The summed E-state index contributed by atoms with van der Waals surface area (Å²) in [5.41, 5.74) is 1.76. The van der Waals surface area contributed by atoms with Crippen LogP contribution in [0.25, 0.3) is 32.8 Å². The highest BCUT2D eigenvalue weighted by Gasteiger charge is 2.35. The number of benzene rings is 3. The van der Waals surface area contributed by atoms with Gasteiger partial charge in [-0.25, -0.2) is 4.68 Å². The van der Waals surface area contributed by atoms with Gasteiger partial charge in [0.05, 0.1) is 18.9 Å². The molecule has 3 aromatic carbocycles. The van der Waals surface area contributed by atoms with Crippen LogP contribution in [0.3, 0.4) is 0 Å². The first-order chi connectivity index (χ1) is 13.2. The molecular formula is C21H19N3O3. The maximum Gasteiger partial charge on any atom is 0.155 e. The van der Waals surface area contributed by atoms with Gasteiger partial charge in [-0.05, 0) is 27.6 Å². The van der Waals surface area contributed by atoms with Gasteiger partial charge in [-0.2, -0.15) is 0 Å². The molecular weight excluding hydrogens is 342 g/mol. The van der Waals surface area contributed by atoms with Gasteiger partial charge in [-0.15, -0.1) is 5.10 Å². The highest BCUT2D eigenvalue weighted by Crippen LogP contribution is 2.35. The average molecular weight is 361 g/mol. The van der Waals surface area contributed by atoms with Gasteiger partial charge in [0.25, 0.3) is 0 Å². The number of fused-ring (bicyclic) bond motifs is 3. The fourth-order valence-electron chi connectivity index (χ4n) is 3.85. The summed E-state index contributed by atoms with van der Waals surface area (Å²) in [5.74, 6) is 0. The van der Waals surface area contributed by atoms with Gasteiger partial charge in [0.1, 0.15) is 11.8 Å². The monoisotopic (exact) mass is 361 g/mol. The number of hydrogen-bond donors (Lipinski definition) is 2. The summed E-state index contributed by atoms with van der Waals surface area (Å²) in [6, 6.07) is 18.7. The zero-order valence-corrected chi connectivity index (χ0v) is 14.6. The Morgan fingerprint density at radius 1 is 1.04 bits per heavy atom. The molecule has 136 valence electrons. The Kier molecular flexibility index (Phi) is 3.89. The minimum atomic E-state index is -0.700.